The third kappa shape index (κ3) is 1.01. The van der Waals surface area contributed by atoms with Crippen LogP contribution < -0.4 is 0 Å². The predicted octanol–water partition coefficient (Wildman–Crippen LogP) is 0.459. The molecule has 1 aliphatic rings. The monoisotopic (exact) mass is 120 g/mol. The van der Waals surface area contributed by atoms with E-state index in [0.717, 1.165) is 6.42 Å². The first kappa shape index (κ1) is 5.25. The normalized spacial score (nSPS) is 41.9. The fraction of sp³-hybridized carbons (Fsp3) is 1.00. The minimum Gasteiger partial charge on any atom is -0.290 e. The third-order valence-electron chi connectivity index (χ3n) is 1.05. The summed E-state index contributed by atoms with van der Waals surface area (Å²) in [7, 11) is 0. The lowest BCUT2D eigenvalue weighted by Gasteiger charge is -1.90. The summed E-state index contributed by atoms with van der Waals surface area (Å²) in [6, 6.07) is 0. The lowest BCUT2D eigenvalue weighted by molar-refractivity contribution is 0.381. The average Bonchev–Trinajstić information content (AvgIpc) is 1.91. The van der Waals surface area contributed by atoms with E-state index in [2.05, 4.69) is 0 Å². The standard InChI is InChI=1S/C4H8O2S/c1-4-2-3-6-7(4)5/h4H,2-3H2,1H3. The maximum atomic E-state index is 10.5. The zero-order chi connectivity index (χ0) is 5.28. The molecule has 2 atom stereocenters. The van der Waals surface area contributed by atoms with E-state index in [1.165, 1.54) is 0 Å². The van der Waals surface area contributed by atoms with Gasteiger partial charge >= 0.3 is 0 Å². The van der Waals surface area contributed by atoms with Crippen molar-refractivity contribution in [2.75, 3.05) is 6.61 Å². The Morgan fingerprint density at radius 2 is 2.57 bits per heavy atom. The Bertz CT molecular complexity index is 91.7. The van der Waals surface area contributed by atoms with Gasteiger partial charge in [0.05, 0.1) is 11.9 Å². The molecule has 1 heterocycles. The quantitative estimate of drug-likeness (QED) is 0.464. The topological polar surface area (TPSA) is 26.3 Å². The molecular formula is C4H8O2S. The van der Waals surface area contributed by atoms with Crippen molar-refractivity contribution in [3.63, 3.8) is 0 Å². The van der Waals surface area contributed by atoms with E-state index in [1.807, 2.05) is 6.92 Å². The van der Waals surface area contributed by atoms with Crippen molar-refractivity contribution in [3.05, 3.63) is 0 Å². The summed E-state index contributed by atoms with van der Waals surface area (Å²) >= 11 is -0.968. The minimum absolute atomic E-state index is 0.264. The number of hydrogen-bond donors (Lipinski definition) is 0. The van der Waals surface area contributed by atoms with Gasteiger partial charge in [-0.1, -0.05) is 0 Å². The van der Waals surface area contributed by atoms with Crippen molar-refractivity contribution in [1.29, 1.82) is 0 Å². The highest BCUT2D eigenvalue weighted by Gasteiger charge is 2.18. The van der Waals surface area contributed by atoms with E-state index in [-0.39, 0.29) is 5.25 Å². The first-order chi connectivity index (χ1) is 3.30. The lowest BCUT2D eigenvalue weighted by atomic mass is 10.4. The highest BCUT2D eigenvalue weighted by atomic mass is 32.2. The second kappa shape index (κ2) is 1.92. The molecule has 2 nitrogen and oxygen atoms in total. The summed E-state index contributed by atoms with van der Waals surface area (Å²) in [4.78, 5) is 0. The molecule has 0 radical (unpaired) electrons. The molecule has 0 aromatic heterocycles. The van der Waals surface area contributed by atoms with Crippen molar-refractivity contribution in [1.82, 2.24) is 0 Å². The van der Waals surface area contributed by atoms with Crippen molar-refractivity contribution in [2.24, 2.45) is 0 Å². The van der Waals surface area contributed by atoms with Crippen LogP contribution in [0.3, 0.4) is 0 Å². The summed E-state index contributed by atoms with van der Waals surface area (Å²) < 4.78 is 15.2. The molecule has 42 valence electrons. The molecule has 0 bridgehead atoms. The summed E-state index contributed by atoms with van der Waals surface area (Å²) in [6.07, 6.45) is 0.951. The smallest absolute Gasteiger partial charge is 0.158 e. The van der Waals surface area contributed by atoms with Gasteiger partial charge in [0.15, 0.2) is 11.1 Å². The predicted molar refractivity (Wildman–Crippen MR) is 28.2 cm³/mol. The Hall–Kier alpha value is 0.110. The fourth-order valence-electron chi connectivity index (χ4n) is 0.509. The Kier molecular flexibility index (Phi) is 1.44. The molecule has 0 amide bonds. The maximum absolute atomic E-state index is 10.5. The van der Waals surface area contributed by atoms with Gasteiger partial charge in [-0.25, -0.2) is 4.21 Å². The molecule has 1 saturated heterocycles. The van der Waals surface area contributed by atoms with Gasteiger partial charge in [0.2, 0.25) is 0 Å². The molecule has 1 aliphatic heterocycles. The molecule has 0 aromatic carbocycles. The van der Waals surface area contributed by atoms with Gasteiger partial charge in [0.25, 0.3) is 0 Å². The Morgan fingerprint density at radius 1 is 1.86 bits per heavy atom. The molecule has 0 aromatic rings. The van der Waals surface area contributed by atoms with Crippen molar-refractivity contribution in [2.45, 2.75) is 18.6 Å². The van der Waals surface area contributed by atoms with Gasteiger partial charge in [0, 0.05) is 0 Å². The van der Waals surface area contributed by atoms with Gasteiger partial charge in [0.1, 0.15) is 0 Å². The minimum atomic E-state index is -0.968. The van der Waals surface area contributed by atoms with Crippen LogP contribution in [0, 0.1) is 0 Å². The summed E-state index contributed by atoms with van der Waals surface area (Å²) in [5.41, 5.74) is 0. The van der Waals surface area contributed by atoms with Gasteiger partial charge in [-0.3, -0.25) is 4.18 Å². The zero-order valence-electron chi connectivity index (χ0n) is 4.22. The molecule has 0 aliphatic carbocycles. The molecule has 7 heavy (non-hydrogen) atoms. The van der Waals surface area contributed by atoms with E-state index >= 15 is 0 Å². The van der Waals surface area contributed by atoms with Crippen molar-refractivity contribution < 1.29 is 8.39 Å². The Labute approximate surface area is 45.5 Å². The first-order valence-corrected chi connectivity index (χ1v) is 3.48. The van der Waals surface area contributed by atoms with Gasteiger partial charge in [-0.15, -0.1) is 0 Å². The molecule has 0 saturated carbocycles. The second-order valence-electron chi connectivity index (χ2n) is 1.68. The van der Waals surface area contributed by atoms with Gasteiger partial charge in [-0.2, -0.15) is 0 Å². The van der Waals surface area contributed by atoms with Crippen LogP contribution in [-0.2, 0) is 15.3 Å². The molecule has 3 heteroatoms. The third-order valence-corrected chi connectivity index (χ3v) is 2.34. The fourth-order valence-corrected chi connectivity index (χ4v) is 1.29. The summed E-state index contributed by atoms with van der Waals surface area (Å²) in [5, 5.41) is 0.264. The van der Waals surface area contributed by atoms with Crippen molar-refractivity contribution >= 4 is 11.1 Å². The molecule has 0 spiro atoms. The van der Waals surface area contributed by atoms with Crippen molar-refractivity contribution in [3.8, 4) is 0 Å². The number of rotatable bonds is 0. The van der Waals surface area contributed by atoms with E-state index in [4.69, 9.17) is 4.18 Å². The molecule has 2 unspecified atom stereocenters. The van der Waals surface area contributed by atoms with Crippen LogP contribution in [0.25, 0.3) is 0 Å². The van der Waals surface area contributed by atoms with Crippen LogP contribution in [-0.4, -0.2) is 16.1 Å². The van der Waals surface area contributed by atoms with Crippen LogP contribution in [0.1, 0.15) is 13.3 Å². The molecule has 1 rings (SSSR count). The second-order valence-corrected chi connectivity index (χ2v) is 3.24. The van der Waals surface area contributed by atoms with Crippen LogP contribution in [0.15, 0.2) is 0 Å². The highest BCUT2D eigenvalue weighted by Crippen LogP contribution is 2.10. The highest BCUT2D eigenvalue weighted by molar-refractivity contribution is 7.81. The zero-order valence-corrected chi connectivity index (χ0v) is 5.03. The molecule has 1 fully saturated rings. The first-order valence-electron chi connectivity index (χ1n) is 2.34. The summed E-state index contributed by atoms with van der Waals surface area (Å²) in [5.74, 6) is 0. The maximum Gasteiger partial charge on any atom is 0.158 e. The van der Waals surface area contributed by atoms with E-state index < -0.39 is 11.1 Å². The summed E-state index contributed by atoms with van der Waals surface area (Å²) in [6.45, 7) is 2.61. The van der Waals surface area contributed by atoms with Gasteiger partial charge < -0.3 is 0 Å². The molecule has 0 N–H and O–H groups in total. The average molecular weight is 120 g/mol. The SMILES string of the molecule is CC1CCOS1=O. The van der Waals surface area contributed by atoms with Gasteiger partial charge in [-0.05, 0) is 13.3 Å². The van der Waals surface area contributed by atoms with Crippen LogP contribution in [0.5, 0.6) is 0 Å². The van der Waals surface area contributed by atoms with E-state index in [9.17, 15) is 4.21 Å². The van der Waals surface area contributed by atoms with Crippen LogP contribution >= 0.6 is 0 Å². The largest absolute Gasteiger partial charge is 0.290 e. The Morgan fingerprint density at radius 3 is 2.71 bits per heavy atom. The molecular weight excluding hydrogens is 112 g/mol. The number of hydrogen-bond acceptors (Lipinski definition) is 2. The lowest BCUT2D eigenvalue weighted by Crippen LogP contribution is -1.99. The van der Waals surface area contributed by atoms with E-state index in [0.29, 0.717) is 6.61 Å². The van der Waals surface area contributed by atoms with E-state index in [1.54, 1.807) is 0 Å². The Balaban J connectivity index is 2.48. The van der Waals surface area contributed by atoms with Crippen LogP contribution in [0.2, 0.25) is 0 Å². The van der Waals surface area contributed by atoms with Crippen LogP contribution in [0.4, 0.5) is 0 Å².